The van der Waals surface area contributed by atoms with Crippen molar-refractivity contribution in [2.24, 2.45) is 5.41 Å². The van der Waals surface area contributed by atoms with E-state index in [1.54, 1.807) is 0 Å². The zero-order chi connectivity index (χ0) is 11.5. The number of unbranched alkanes of at least 4 members (excludes halogenated alkanes) is 1. The van der Waals surface area contributed by atoms with E-state index >= 15 is 0 Å². The number of carbonyl (C=O) groups excluding carboxylic acids is 1. The summed E-state index contributed by atoms with van der Waals surface area (Å²) in [5, 5.41) is 0. The lowest BCUT2D eigenvalue weighted by molar-refractivity contribution is -0.138. The molecule has 0 aromatic carbocycles. The minimum Gasteiger partial charge on any atom is -0.340 e. The first kappa shape index (κ1) is 12.5. The summed E-state index contributed by atoms with van der Waals surface area (Å²) in [6.07, 6.45) is 5.54. The molecule has 0 radical (unpaired) electrons. The van der Waals surface area contributed by atoms with E-state index in [1.165, 1.54) is 12.8 Å². The second-order valence-corrected chi connectivity index (χ2v) is 5.08. The predicted octanol–water partition coefficient (Wildman–Crippen LogP) is 3.21. The quantitative estimate of drug-likeness (QED) is 0.684. The maximum absolute atomic E-state index is 12.3. The average Bonchev–Trinajstić information content (AvgIpc) is 2.54. The molecule has 88 valence electrons. The van der Waals surface area contributed by atoms with Crippen molar-refractivity contribution in [2.75, 3.05) is 6.54 Å². The van der Waals surface area contributed by atoms with Gasteiger partial charge in [0.25, 0.3) is 0 Å². The Bertz CT molecular complexity index is 225. The molecule has 1 rings (SSSR count). The van der Waals surface area contributed by atoms with Gasteiger partial charge in [0.05, 0.1) is 5.41 Å². The van der Waals surface area contributed by atoms with Crippen molar-refractivity contribution in [2.45, 2.75) is 65.8 Å². The molecule has 0 saturated carbocycles. The third-order valence-corrected chi connectivity index (χ3v) is 3.85. The first-order valence-electron chi connectivity index (χ1n) is 6.38. The zero-order valence-corrected chi connectivity index (χ0v) is 10.7. The Hall–Kier alpha value is -0.530. The molecule has 0 aromatic rings. The Labute approximate surface area is 94.0 Å². The molecule has 1 fully saturated rings. The second-order valence-electron chi connectivity index (χ2n) is 5.08. The van der Waals surface area contributed by atoms with Gasteiger partial charge in [-0.25, -0.2) is 0 Å². The number of hydrogen-bond donors (Lipinski definition) is 0. The minimum absolute atomic E-state index is 0.0136. The largest absolute Gasteiger partial charge is 0.340 e. The normalized spacial score (nSPS) is 26.7. The fourth-order valence-corrected chi connectivity index (χ4v) is 2.59. The molecule has 1 atom stereocenters. The van der Waals surface area contributed by atoms with Crippen LogP contribution in [0.25, 0.3) is 0 Å². The molecule has 0 aliphatic carbocycles. The van der Waals surface area contributed by atoms with Crippen molar-refractivity contribution in [1.82, 2.24) is 4.90 Å². The highest BCUT2D eigenvalue weighted by Crippen LogP contribution is 2.40. The van der Waals surface area contributed by atoms with E-state index in [9.17, 15) is 4.79 Å². The summed E-state index contributed by atoms with van der Waals surface area (Å²) in [4.78, 5) is 14.4. The molecule has 1 aliphatic heterocycles. The van der Waals surface area contributed by atoms with Crippen molar-refractivity contribution < 1.29 is 4.79 Å². The lowest BCUT2D eigenvalue weighted by Crippen LogP contribution is -2.38. The van der Waals surface area contributed by atoms with E-state index in [2.05, 4.69) is 32.6 Å². The van der Waals surface area contributed by atoms with Crippen LogP contribution in [0, 0.1) is 5.41 Å². The van der Waals surface area contributed by atoms with Crippen LogP contribution in [0.5, 0.6) is 0 Å². The van der Waals surface area contributed by atoms with Gasteiger partial charge in [-0.1, -0.05) is 26.7 Å². The fourth-order valence-electron chi connectivity index (χ4n) is 2.59. The van der Waals surface area contributed by atoms with Gasteiger partial charge in [-0.15, -0.1) is 0 Å². The molecule has 2 heteroatoms. The summed E-state index contributed by atoms with van der Waals surface area (Å²) in [5.41, 5.74) is -0.0136. The van der Waals surface area contributed by atoms with E-state index in [0.717, 1.165) is 25.8 Å². The van der Waals surface area contributed by atoms with Crippen LogP contribution >= 0.6 is 0 Å². The Morgan fingerprint density at radius 2 is 2.07 bits per heavy atom. The number of amides is 1. The van der Waals surface area contributed by atoms with E-state index in [1.807, 2.05) is 0 Å². The average molecular weight is 211 g/mol. The molecule has 2 nitrogen and oxygen atoms in total. The first-order valence-corrected chi connectivity index (χ1v) is 6.38. The van der Waals surface area contributed by atoms with Crippen molar-refractivity contribution in [3.05, 3.63) is 0 Å². The van der Waals surface area contributed by atoms with E-state index in [4.69, 9.17) is 0 Å². The lowest BCUT2D eigenvalue weighted by Gasteiger charge is -2.28. The number of carbonyl (C=O) groups is 1. The van der Waals surface area contributed by atoms with Crippen molar-refractivity contribution >= 4 is 5.91 Å². The van der Waals surface area contributed by atoms with Crippen molar-refractivity contribution in [1.29, 1.82) is 0 Å². The van der Waals surface area contributed by atoms with E-state index in [0.29, 0.717) is 11.9 Å². The molecular formula is C13H25NO. The highest BCUT2D eigenvalue weighted by Gasteiger charge is 2.44. The van der Waals surface area contributed by atoms with Gasteiger partial charge >= 0.3 is 0 Å². The highest BCUT2D eigenvalue weighted by molar-refractivity contribution is 5.85. The molecule has 0 aromatic heterocycles. The monoisotopic (exact) mass is 211 g/mol. The summed E-state index contributed by atoms with van der Waals surface area (Å²) >= 11 is 0. The van der Waals surface area contributed by atoms with Crippen LogP contribution in [0.15, 0.2) is 0 Å². The topological polar surface area (TPSA) is 20.3 Å². The molecule has 15 heavy (non-hydrogen) atoms. The van der Waals surface area contributed by atoms with Crippen LogP contribution in [0.3, 0.4) is 0 Å². The summed E-state index contributed by atoms with van der Waals surface area (Å²) in [5.74, 6) is 0.411. The molecule has 1 amide bonds. The standard InChI is InChI=1S/C13H25NO/c1-5-7-8-13(6-2)9-10-14(11(3)4)12(13)15/h11H,5-10H2,1-4H3. The number of hydrogen-bond acceptors (Lipinski definition) is 1. The highest BCUT2D eigenvalue weighted by atomic mass is 16.2. The van der Waals surface area contributed by atoms with Gasteiger partial charge in [-0.2, -0.15) is 0 Å². The van der Waals surface area contributed by atoms with Crippen LogP contribution in [-0.2, 0) is 4.79 Å². The summed E-state index contributed by atoms with van der Waals surface area (Å²) in [6.45, 7) is 9.56. The third kappa shape index (κ3) is 2.35. The Morgan fingerprint density at radius 3 is 2.47 bits per heavy atom. The molecular weight excluding hydrogens is 186 g/mol. The van der Waals surface area contributed by atoms with E-state index in [-0.39, 0.29) is 5.41 Å². The van der Waals surface area contributed by atoms with Crippen LogP contribution < -0.4 is 0 Å². The van der Waals surface area contributed by atoms with Crippen molar-refractivity contribution in [3.63, 3.8) is 0 Å². The van der Waals surface area contributed by atoms with Gasteiger partial charge in [-0.3, -0.25) is 4.79 Å². The van der Waals surface area contributed by atoms with Crippen LogP contribution in [0.2, 0.25) is 0 Å². The van der Waals surface area contributed by atoms with Gasteiger partial charge < -0.3 is 4.90 Å². The molecule has 1 saturated heterocycles. The maximum atomic E-state index is 12.3. The summed E-state index contributed by atoms with van der Waals surface area (Å²) in [7, 11) is 0. The number of nitrogens with zero attached hydrogens (tertiary/aromatic N) is 1. The Kier molecular flexibility index (Phi) is 4.18. The van der Waals surface area contributed by atoms with Gasteiger partial charge in [0.1, 0.15) is 0 Å². The van der Waals surface area contributed by atoms with Crippen LogP contribution in [-0.4, -0.2) is 23.4 Å². The summed E-state index contributed by atoms with van der Waals surface area (Å²) < 4.78 is 0. The molecule has 0 N–H and O–H groups in total. The third-order valence-electron chi connectivity index (χ3n) is 3.85. The van der Waals surface area contributed by atoms with Gasteiger partial charge in [0.15, 0.2) is 0 Å². The van der Waals surface area contributed by atoms with Gasteiger partial charge in [-0.05, 0) is 33.1 Å². The zero-order valence-electron chi connectivity index (χ0n) is 10.7. The molecule has 1 aliphatic rings. The van der Waals surface area contributed by atoms with Crippen molar-refractivity contribution in [3.8, 4) is 0 Å². The maximum Gasteiger partial charge on any atom is 0.229 e. The Morgan fingerprint density at radius 1 is 1.40 bits per heavy atom. The first-order chi connectivity index (χ1) is 7.07. The molecule has 1 unspecified atom stereocenters. The molecule has 0 bridgehead atoms. The lowest BCUT2D eigenvalue weighted by atomic mass is 9.79. The molecule has 1 heterocycles. The number of likely N-dealkylation sites (tertiary alicyclic amines) is 1. The molecule has 0 spiro atoms. The van der Waals surface area contributed by atoms with E-state index < -0.39 is 0 Å². The number of rotatable bonds is 5. The van der Waals surface area contributed by atoms with Gasteiger partial charge in [0, 0.05) is 12.6 Å². The van der Waals surface area contributed by atoms with Crippen LogP contribution in [0.4, 0.5) is 0 Å². The second kappa shape index (κ2) is 5.00. The summed E-state index contributed by atoms with van der Waals surface area (Å²) in [6, 6.07) is 0.368. The van der Waals surface area contributed by atoms with Gasteiger partial charge in [0.2, 0.25) is 5.91 Å². The minimum atomic E-state index is -0.0136. The van der Waals surface area contributed by atoms with Crippen LogP contribution in [0.1, 0.15) is 59.8 Å². The smallest absolute Gasteiger partial charge is 0.229 e. The Balaban J connectivity index is 2.71. The fraction of sp³-hybridized carbons (Fsp3) is 0.923. The SMILES string of the molecule is CCCCC1(CC)CCN(C(C)C)C1=O. The predicted molar refractivity (Wildman–Crippen MR) is 63.7 cm³/mol.